The van der Waals surface area contributed by atoms with Crippen LogP contribution >= 0.6 is 11.8 Å². The molecule has 0 saturated carbocycles. The van der Waals surface area contributed by atoms with E-state index in [1.807, 2.05) is 30.3 Å². The minimum absolute atomic E-state index is 0.0950. The number of ether oxygens (including phenoxy) is 2. The van der Waals surface area contributed by atoms with Crippen molar-refractivity contribution < 1.29 is 28.5 Å². The van der Waals surface area contributed by atoms with E-state index >= 15 is 0 Å². The van der Waals surface area contributed by atoms with E-state index in [1.165, 1.54) is 37.7 Å². The lowest BCUT2D eigenvalue weighted by molar-refractivity contribution is 0.204. The number of fused-ring (bicyclic) bond motifs is 1. The summed E-state index contributed by atoms with van der Waals surface area (Å²) in [6.45, 7) is 4.14. The summed E-state index contributed by atoms with van der Waals surface area (Å²) in [7, 11) is 0. The number of aromatic hydroxyl groups is 2. The van der Waals surface area contributed by atoms with Crippen LogP contribution in [0.4, 0.5) is 8.78 Å². The Balaban J connectivity index is 0.000000356. The normalized spacial score (nSPS) is 17.1. The van der Waals surface area contributed by atoms with Crippen molar-refractivity contribution in [3.05, 3.63) is 77.9 Å². The fourth-order valence-electron chi connectivity index (χ4n) is 3.98. The molecule has 2 aliphatic rings. The summed E-state index contributed by atoms with van der Waals surface area (Å²) in [5.41, 5.74) is 0.880. The van der Waals surface area contributed by atoms with Crippen LogP contribution in [0.15, 0.2) is 65.6 Å². The molecule has 0 radical (unpaired) electrons. The van der Waals surface area contributed by atoms with Crippen LogP contribution in [-0.2, 0) is 0 Å². The summed E-state index contributed by atoms with van der Waals surface area (Å²) in [4.78, 5) is 2.83. The Kier molecular flexibility index (Phi) is 8.71. The lowest BCUT2D eigenvalue weighted by Crippen LogP contribution is -2.21. The number of rotatable bonds is 6. The highest BCUT2D eigenvalue weighted by atomic mass is 32.2. The maximum atomic E-state index is 14.1. The van der Waals surface area contributed by atoms with Crippen molar-refractivity contribution in [1.82, 2.24) is 4.90 Å². The van der Waals surface area contributed by atoms with Crippen LogP contribution in [0.5, 0.6) is 23.0 Å². The fraction of sp³-hybridized carbons (Fsp3) is 0.333. The molecule has 35 heavy (non-hydrogen) atoms. The van der Waals surface area contributed by atoms with Crippen LogP contribution in [0.2, 0.25) is 0 Å². The Morgan fingerprint density at radius 3 is 2.37 bits per heavy atom. The van der Waals surface area contributed by atoms with Crippen molar-refractivity contribution >= 4 is 11.8 Å². The monoisotopic (exact) mass is 501 g/mol. The van der Waals surface area contributed by atoms with Gasteiger partial charge in [0.05, 0.1) is 11.5 Å². The van der Waals surface area contributed by atoms with Crippen LogP contribution in [0, 0.1) is 11.6 Å². The van der Waals surface area contributed by atoms with Crippen molar-refractivity contribution in [2.24, 2.45) is 0 Å². The van der Waals surface area contributed by atoms with Gasteiger partial charge in [0, 0.05) is 12.3 Å². The fourth-order valence-corrected chi connectivity index (χ4v) is 5.03. The van der Waals surface area contributed by atoms with Gasteiger partial charge in [-0.05, 0) is 68.2 Å². The summed E-state index contributed by atoms with van der Waals surface area (Å²) in [6, 6.07) is 17.4. The van der Waals surface area contributed by atoms with Crippen molar-refractivity contribution in [2.45, 2.75) is 30.3 Å². The molecule has 2 heterocycles. The minimum atomic E-state index is -1.05. The molecule has 3 aromatic carbocycles. The zero-order valence-electron chi connectivity index (χ0n) is 19.3. The molecule has 1 saturated heterocycles. The molecule has 0 aliphatic carbocycles. The molecule has 5 rings (SSSR count). The summed E-state index contributed by atoms with van der Waals surface area (Å²) in [6.07, 6.45) is 3.22. The molecule has 3 aromatic rings. The molecule has 1 fully saturated rings. The highest BCUT2D eigenvalue weighted by Crippen LogP contribution is 2.45. The van der Waals surface area contributed by atoms with E-state index in [0.717, 1.165) is 30.3 Å². The van der Waals surface area contributed by atoms with Crippen molar-refractivity contribution in [2.75, 3.05) is 32.0 Å². The molecule has 0 unspecified atom stereocenters. The quantitative estimate of drug-likeness (QED) is 0.395. The van der Waals surface area contributed by atoms with Gasteiger partial charge in [-0.15, -0.1) is 11.8 Å². The number of phenolic OH excluding ortho intramolecular Hbond substituents is 2. The molecule has 2 N–H and O–H groups in total. The maximum absolute atomic E-state index is 14.1. The second kappa shape index (κ2) is 12.1. The van der Waals surface area contributed by atoms with Crippen molar-refractivity contribution in [3.8, 4) is 23.0 Å². The largest absolute Gasteiger partial charge is 0.508 e. The number of likely N-dealkylation sites (tertiary alicyclic amines) is 1. The number of halogens is 2. The predicted molar refractivity (Wildman–Crippen MR) is 132 cm³/mol. The van der Waals surface area contributed by atoms with Crippen LogP contribution in [0.25, 0.3) is 0 Å². The van der Waals surface area contributed by atoms with E-state index < -0.39 is 17.4 Å². The number of para-hydroxylation sites is 1. The average Bonchev–Trinajstić information content (AvgIpc) is 3.40. The first-order valence-corrected chi connectivity index (χ1v) is 12.7. The van der Waals surface area contributed by atoms with Crippen molar-refractivity contribution in [3.63, 3.8) is 0 Å². The molecule has 2 aliphatic heterocycles. The standard InChI is InChI=1S/C21H23F2NO3S.C6H6O/c22-16-12-18-21(19(23)20(16)25)27-17(13-28-18)14-4-6-15(7-5-14)26-11-3-10-24-8-1-2-9-24;7-6-4-2-1-3-5-6/h4-7,12,17,25H,1-3,8-11,13H2;1-5,7H/t17-;/m1./s1. The average molecular weight is 502 g/mol. The molecule has 8 heteroatoms. The highest BCUT2D eigenvalue weighted by Gasteiger charge is 2.28. The van der Waals surface area contributed by atoms with Gasteiger partial charge in [-0.25, -0.2) is 4.39 Å². The summed E-state index contributed by atoms with van der Waals surface area (Å²) < 4.78 is 39.1. The number of hydrogen-bond donors (Lipinski definition) is 2. The van der Waals surface area contributed by atoms with E-state index in [1.54, 1.807) is 24.3 Å². The number of nitrogens with zero attached hydrogens (tertiary/aromatic N) is 1. The Morgan fingerprint density at radius 1 is 1.00 bits per heavy atom. The summed E-state index contributed by atoms with van der Waals surface area (Å²) >= 11 is 1.31. The first-order valence-electron chi connectivity index (χ1n) is 11.7. The molecule has 0 spiro atoms. The first-order chi connectivity index (χ1) is 17.0. The number of phenols is 2. The van der Waals surface area contributed by atoms with Crippen LogP contribution < -0.4 is 9.47 Å². The van der Waals surface area contributed by atoms with Gasteiger partial charge in [-0.1, -0.05) is 30.3 Å². The van der Waals surface area contributed by atoms with Crippen LogP contribution in [0.3, 0.4) is 0 Å². The topological polar surface area (TPSA) is 62.2 Å². The summed E-state index contributed by atoms with van der Waals surface area (Å²) in [5, 5.41) is 18.1. The van der Waals surface area contributed by atoms with E-state index in [0.29, 0.717) is 23.0 Å². The first kappa shape index (κ1) is 25.1. The molecular weight excluding hydrogens is 472 g/mol. The van der Waals surface area contributed by atoms with Gasteiger partial charge < -0.3 is 24.6 Å². The second-order valence-electron chi connectivity index (χ2n) is 8.42. The SMILES string of the molecule is Oc1c(F)cc2c(c1F)O[C@@H](c1ccc(OCCCN3CCCC3)cc1)CS2.Oc1ccccc1. The Morgan fingerprint density at radius 2 is 1.71 bits per heavy atom. The van der Waals surface area contributed by atoms with Gasteiger partial charge in [-0.2, -0.15) is 4.39 Å². The van der Waals surface area contributed by atoms with Gasteiger partial charge in [0.25, 0.3) is 0 Å². The molecule has 5 nitrogen and oxygen atoms in total. The lowest BCUT2D eigenvalue weighted by atomic mass is 10.1. The molecule has 0 aromatic heterocycles. The van der Waals surface area contributed by atoms with E-state index in [-0.39, 0.29) is 11.9 Å². The van der Waals surface area contributed by atoms with E-state index in [9.17, 15) is 13.9 Å². The van der Waals surface area contributed by atoms with Gasteiger partial charge in [0.15, 0.2) is 17.3 Å². The van der Waals surface area contributed by atoms with E-state index in [4.69, 9.17) is 14.6 Å². The smallest absolute Gasteiger partial charge is 0.210 e. The van der Waals surface area contributed by atoms with Gasteiger partial charge in [-0.3, -0.25) is 0 Å². The number of benzene rings is 3. The zero-order valence-corrected chi connectivity index (χ0v) is 20.1. The van der Waals surface area contributed by atoms with E-state index in [2.05, 4.69) is 4.90 Å². The Labute approximate surface area is 208 Å². The molecule has 0 bridgehead atoms. The van der Waals surface area contributed by atoms with Gasteiger partial charge in [0.1, 0.15) is 17.6 Å². The van der Waals surface area contributed by atoms with Crippen LogP contribution in [0.1, 0.15) is 30.9 Å². The number of thioether (sulfide) groups is 1. The van der Waals surface area contributed by atoms with Crippen LogP contribution in [-0.4, -0.2) is 47.1 Å². The van der Waals surface area contributed by atoms with Gasteiger partial charge >= 0.3 is 0 Å². The van der Waals surface area contributed by atoms with Gasteiger partial charge in [0.2, 0.25) is 5.82 Å². The summed E-state index contributed by atoms with van der Waals surface area (Å²) in [5.74, 6) is -1.48. The third-order valence-electron chi connectivity index (χ3n) is 5.86. The Hall–Kier alpha value is -2.97. The third kappa shape index (κ3) is 6.80. The third-order valence-corrected chi connectivity index (χ3v) is 6.94. The molecular formula is C27H29F2NO4S. The number of hydrogen-bond acceptors (Lipinski definition) is 6. The second-order valence-corrected chi connectivity index (χ2v) is 9.48. The highest BCUT2D eigenvalue weighted by molar-refractivity contribution is 7.99. The maximum Gasteiger partial charge on any atom is 0.210 e. The molecule has 1 atom stereocenters. The Bertz CT molecular complexity index is 1090. The molecule has 0 amide bonds. The molecule has 186 valence electrons. The minimum Gasteiger partial charge on any atom is -0.508 e. The predicted octanol–water partition coefficient (Wildman–Crippen LogP) is 6.15. The zero-order chi connectivity index (χ0) is 24.6. The lowest BCUT2D eigenvalue weighted by Gasteiger charge is -2.26. The van der Waals surface area contributed by atoms with Crippen molar-refractivity contribution in [1.29, 1.82) is 0 Å².